The number of amides is 1. The Hall–Kier alpha value is -3.74. The van der Waals surface area contributed by atoms with Crippen LogP contribution in [-0.4, -0.2) is 31.8 Å². The standard InChI is InChI=1S/C24H25FN2O4/c1-30-20-8-10-23(31-2)17(13-20)15-27-19-7-9-22(28)21(14-19)24(29)26-12-11-16-3-5-18(25)6-4-16/h3-10,13-14,27-28H,11-12,15H2,1-2H3,(H,26,29). The molecule has 0 spiro atoms. The summed E-state index contributed by atoms with van der Waals surface area (Å²) in [5.41, 5.74) is 2.64. The summed E-state index contributed by atoms with van der Waals surface area (Å²) in [6, 6.07) is 16.4. The molecule has 0 atom stereocenters. The number of ether oxygens (including phenoxy) is 2. The lowest BCUT2D eigenvalue weighted by atomic mass is 10.1. The number of carbonyl (C=O) groups excluding carboxylic acids is 1. The predicted octanol–water partition coefficient (Wildman–Crippen LogP) is 4.13. The SMILES string of the molecule is COc1ccc(OC)c(CNc2ccc(O)c(C(=O)NCCc3ccc(F)cc3)c2)c1. The third kappa shape index (κ3) is 5.88. The van der Waals surface area contributed by atoms with Crippen LogP contribution in [0, 0.1) is 5.82 Å². The van der Waals surface area contributed by atoms with Crippen LogP contribution < -0.4 is 20.1 Å². The van der Waals surface area contributed by atoms with Gasteiger partial charge in [0.1, 0.15) is 23.1 Å². The molecule has 3 N–H and O–H groups in total. The molecule has 0 aromatic heterocycles. The molecule has 0 aliphatic carbocycles. The molecule has 0 fully saturated rings. The van der Waals surface area contributed by atoms with Gasteiger partial charge in [-0.3, -0.25) is 4.79 Å². The van der Waals surface area contributed by atoms with Crippen molar-refractivity contribution in [3.8, 4) is 17.2 Å². The minimum atomic E-state index is -0.387. The molecule has 0 heterocycles. The molecule has 0 aliphatic heterocycles. The number of hydrogen-bond donors (Lipinski definition) is 3. The van der Waals surface area contributed by atoms with Crippen molar-refractivity contribution in [2.45, 2.75) is 13.0 Å². The van der Waals surface area contributed by atoms with E-state index >= 15 is 0 Å². The summed E-state index contributed by atoms with van der Waals surface area (Å²) in [4.78, 5) is 12.5. The van der Waals surface area contributed by atoms with E-state index in [4.69, 9.17) is 9.47 Å². The summed E-state index contributed by atoms with van der Waals surface area (Å²) >= 11 is 0. The summed E-state index contributed by atoms with van der Waals surface area (Å²) in [6.07, 6.45) is 0.556. The first kappa shape index (κ1) is 22.0. The Morgan fingerprint density at radius 2 is 1.77 bits per heavy atom. The Morgan fingerprint density at radius 1 is 1.00 bits per heavy atom. The van der Waals surface area contributed by atoms with E-state index in [-0.39, 0.29) is 23.0 Å². The summed E-state index contributed by atoms with van der Waals surface area (Å²) in [5.74, 6) is 0.634. The lowest BCUT2D eigenvalue weighted by Gasteiger charge is -2.13. The van der Waals surface area contributed by atoms with Crippen LogP contribution in [0.25, 0.3) is 0 Å². The van der Waals surface area contributed by atoms with Gasteiger partial charge < -0.3 is 25.2 Å². The van der Waals surface area contributed by atoms with Crippen molar-refractivity contribution >= 4 is 11.6 Å². The Kier molecular flexibility index (Phi) is 7.32. The van der Waals surface area contributed by atoms with Crippen LogP contribution in [0.15, 0.2) is 60.7 Å². The fourth-order valence-electron chi connectivity index (χ4n) is 3.11. The zero-order valence-electron chi connectivity index (χ0n) is 17.4. The highest BCUT2D eigenvalue weighted by molar-refractivity contribution is 5.97. The monoisotopic (exact) mass is 424 g/mol. The molecule has 0 aliphatic rings. The fraction of sp³-hybridized carbons (Fsp3) is 0.208. The van der Waals surface area contributed by atoms with Gasteiger partial charge in [-0.2, -0.15) is 0 Å². The van der Waals surface area contributed by atoms with Gasteiger partial charge in [0.25, 0.3) is 5.91 Å². The molecule has 3 aromatic carbocycles. The van der Waals surface area contributed by atoms with Crippen molar-refractivity contribution in [1.82, 2.24) is 5.32 Å². The average molecular weight is 424 g/mol. The normalized spacial score (nSPS) is 10.4. The van der Waals surface area contributed by atoms with Gasteiger partial charge in [0.05, 0.1) is 19.8 Å². The van der Waals surface area contributed by atoms with Crippen molar-refractivity contribution in [1.29, 1.82) is 0 Å². The molecule has 0 radical (unpaired) electrons. The number of nitrogens with one attached hydrogen (secondary N) is 2. The topological polar surface area (TPSA) is 79.8 Å². The van der Waals surface area contributed by atoms with Crippen molar-refractivity contribution in [2.75, 3.05) is 26.1 Å². The lowest BCUT2D eigenvalue weighted by Crippen LogP contribution is -2.25. The number of methoxy groups -OCH3 is 2. The quantitative estimate of drug-likeness (QED) is 0.450. The number of halogens is 1. The van der Waals surface area contributed by atoms with Crippen LogP contribution in [-0.2, 0) is 13.0 Å². The zero-order chi connectivity index (χ0) is 22.2. The molecule has 0 saturated carbocycles. The summed E-state index contributed by atoms with van der Waals surface area (Å²) in [5, 5.41) is 16.1. The van der Waals surface area contributed by atoms with E-state index in [1.165, 1.54) is 18.2 Å². The first-order valence-electron chi connectivity index (χ1n) is 9.80. The first-order valence-corrected chi connectivity index (χ1v) is 9.80. The largest absolute Gasteiger partial charge is 0.507 e. The molecule has 0 saturated heterocycles. The maximum Gasteiger partial charge on any atom is 0.255 e. The van der Waals surface area contributed by atoms with Gasteiger partial charge in [-0.25, -0.2) is 4.39 Å². The summed E-state index contributed by atoms with van der Waals surface area (Å²) in [6.45, 7) is 0.805. The van der Waals surface area contributed by atoms with E-state index in [1.807, 2.05) is 18.2 Å². The number of phenols is 1. The zero-order valence-corrected chi connectivity index (χ0v) is 17.4. The van der Waals surface area contributed by atoms with E-state index in [9.17, 15) is 14.3 Å². The molecule has 7 heteroatoms. The van der Waals surface area contributed by atoms with Gasteiger partial charge in [0.2, 0.25) is 0 Å². The number of aromatic hydroxyl groups is 1. The third-order valence-corrected chi connectivity index (χ3v) is 4.82. The molecule has 162 valence electrons. The molecular weight excluding hydrogens is 399 g/mol. The second-order valence-electron chi connectivity index (χ2n) is 6.90. The number of rotatable bonds is 9. The Balaban J connectivity index is 1.63. The molecule has 3 aromatic rings. The molecular formula is C24H25FN2O4. The maximum absolute atomic E-state index is 13.0. The summed E-state index contributed by atoms with van der Waals surface area (Å²) < 4.78 is 23.6. The molecule has 31 heavy (non-hydrogen) atoms. The fourth-order valence-corrected chi connectivity index (χ4v) is 3.11. The van der Waals surface area contributed by atoms with Crippen LogP contribution >= 0.6 is 0 Å². The summed E-state index contributed by atoms with van der Waals surface area (Å²) in [7, 11) is 3.19. The Morgan fingerprint density at radius 3 is 2.48 bits per heavy atom. The van der Waals surface area contributed by atoms with E-state index in [0.29, 0.717) is 36.7 Å². The lowest BCUT2D eigenvalue weighted by molar-refractivity contribution is 0.0951. The third-order valence-electron chi connectivity index (χ3n) is 4.82. The van der Waals surface area contributed by atoms with Gasteiger partial charge in [-0.1, -0.05) is 12.1 Å². The molecule has 3 rings (SSSR count). The highest BCUT2D eigenvalue weighted by Gasteiger charge is 2.12. The van der Waals surface area contributed by atoms with Crippen molar-refractivity contribution in [3.05, 3.63) is 83.2 Å². The number of phenolic OH excluding ortho intramolecular Hbond substituents is 1. The average Bonchev–Trinajstić information content (AvgIpc) is 2.79. The smallest absolute Gasteiger partial charge is 0.255 e. The number of anilines is 1. The maximum atomic E-state index is 13.0. The van der Waals surface area contributed by atoms with Crippen molar-refractivity contribution in [3.63, 3.8) is 0 Å². The molecule has 0 bridgehead atoms. The molecule has 6 nitrogen and oxygen atoms in total. The predicted molar refractivity (Wildman–Crippen MR) is 117 cm³/mol. The van der Waals surface area contributed by atoms with E-state index in [0.717, 1.165) is 11.1 Å². The molecule has 0 unspecified atom stereocenters. The van der Waals surface area contributed by atoms with Crippen LogP contribution in [0.5, 0.6) is 17.2 Å². The Labute approximate surface area is 180 Å². The number of carbonyl (C=O) groups is 1. The minimum Gasteiger partial charge on any atom is -0.507 e. The highest BCUT2D eigenvalue weighted by Crippen LogP contribution is 2.26. The number of hydrogen-bond acceptors (Lipinski definition) is 5. The highest BCUT2D eigenvalue weighted by atomic mass is 19.1. The van der Waals surface area contributed by atoms with E-state index < -0.39 is 0 Å². The van der Waals surface area contributed by atoms with Gasteiger partial charge >= 0.3 is 0 Å². The molecule has 1 amide bonds. The van der Waals surface area contributed by atoms with Crippen LogP contribution in [0.1, 0.15) is 21.5 Å². The van der Waals surface area contributed by atoms with Gasteiger partial charge in [-0.15, -0.1) is 0 Å². The second kappa shape index (κ2) is 10.3. The van der Waals surface area contributed by atoms with Gasteiger partial charge in [0, 0.05) is 24.3 Å². The van der Waals surface area contributed by atoms with Gasteiger partial charge in [-0.05, 0) is 60.5 Å². The van der Waals surface area contributed by atoms with E-state index in [1.54, 1.807) is 38.5 Å². The second-order valence-corrected chi connectivity index (χ2v) is 6.90. The minimum absolute atomic E-state index is 0.108. The first-order chi connectivity index (χ1) is 15.0. The van der Waals surface area contributed by atoms with E-state index in [2.05, 4.69) is 10.6 Å². The van der Waals surface area contributed by atoms with Gasteiger partial charge in [0.15, 0.2) is 0 Å². The van der Waals surface area contributed by atoms with Crippen LogP contribution in [0.4, 0.5) is 10.1 Å². The van der Waals surface area contributed by atoms with Crippen molar-refractivity contribution in [2.24, 2.45) is 0 Å². The number of benzene rings is 3. The van der Waals surface area contributed by atoms with Crippen LogP contribution in [0.3, 0.4) is 0 Å². The van der Waals surface area contributed by atoms with Crippen LogP contribution in [0.2, 0.25) is 0 Å². The van der Waals surface area contributed by atoms with Crippen molar-refractivity contribution < 1.29 is 23.8 Å². The Bertz CT molecular complexity index is 1040.